The normalized spacial score (nSPS) is 21.6. The molecule has 0 aromatic heterocycles. The summed E-state index contributed by atoms with van der Waals surface area (Å²) in [5.74, 6) is -1.92. The van der Waals surface area contributed by atoms with Crippen molar-refractivity contribution in [3.8, 4) is 5.75 Å². The Hall–Kier alpha value is -1.16. The Morgan fingerprint density at radius 1 is 1.27 bits per heavy atom. The van der Waals surface area contributed by atoms with Gasteiger partial charge in [0.15, 0.2) is 11.6 Å². The molecule has 1 aliphatic rings. The van der Waals surface area contributed by atoms with Gasteiger partial charge in [0.25, 0.3) is 0 Å². The summed E-state index contributed by atoms with van der Waals surface area (Å²) >= 11 is 0. The number of aromatic hydroxyl groups is 1. The first kappa shape index (κ1) is 10.4. The Balaban J connectivity index is 2.36. The van der Waals surface area contributed by atoms with Crippen molar-refractivity contribution in [3.63, 3.8) is 0 Å². The highest BCUT2D eigenvalue weighted by atomic mass is 19.1. The quantitative estimate of drug-likeness (QED) is 0.751. The number of phenolic OH excluding ortho intramolecular Hbond substituents is 1. The van der Waals surface area contributed by atoms with Gasteiger partial charge in [0, 0.05) is 11.6 Å². The number of nitrogens with one attached hydrogen (secondary N) is 1. The predicted octanol–water partition coefficient (Wildman–Crippen LogP) is 2.49. The lowest BCUT2D eigenvalue weighted by molar-refractivity contribution is 0.369. The number of hydrogen-bond acceptors (Lipinski definition) is 2. The number of rotatable bonds is 1. The van der Waals surface area contributed by atoms with E-state index in [1.807, 2.05) is 0 Å². The SMILES string of the molecule is Oc1ccc(F)c(C2CCCCN2)c1F. The van der Waals surface area contributed by atoms with Gasteiger partial charge in [-0.3, -0.25) is 0 Å². The molecule has 1 aliphatic heterocycles. The fourth-order valence-electron chi connectivity index (χ4n) is 1.98. The van der Waals surface area contributed by atoms with E-state index >= 15 is 0 Å². The van der Waals surface area contributed by atoms with E-state index in [0.717, 1.165) is 31.5 Å². The minimum atomic E-state index is -0.839. The molecule has 1 fully saturated rings. The van der Waals surface area contributed by atoms with Crippen molar-refractivity contribution in [2.24, 2.45) is 0 Å². The van der Waals surface area contributed by atoms with E-state index in [2.05, 4.69) is 5.32 Å². The monoisotopic (exact) mass is 213 g/mol. The van der Waals surface area contributed by atoms with Gasteiger partial charge < -0.3 is 10.4 Å². The van der Waals surface area contributed by atoms with Crippen LogP contribution in [0.5, 0.6) is 5.75 Å². The maximum atomic E-state index is 13.5. The first-order valence-corrected chi connectivity index (χ1v) is 5.10. The third-order valence-electron chi connectivity index (χ3n) is 2.76. The van der Waals surface area contributed by atoms with Gasteiger partial charge in [-0.25, -0.2) is 8.78 Å². The van der Waals surface area contributed by atoms with Crippen LogP contribution in [0.15, 0.2) is 12.1 Å². The largest absolute Gasteiger partial charge is 0.505 e. The summed E-state index contributed by atoms with van der Waals surface area (Å²) in [5, 5.41) is 12.2. The lowest BCUT2D eigenvalue weighted by Crippen LogP contribution is -2.28. The fourth-order valence-corrected chi connectivity index (χ4v) is 1.98. The zero-order valence-electron chi connectivity index (χ0n) is 8.26. The fraction of sp³-hybridized carbons (Fsp3) is 0.455. The molecule has 0 amide bonds. The Morgan fingerprint density at radius 2 is 2.07 bits per heavy atom. The molecule has 82 valence electrons. The molecule has 4 heteroatoms. The predicted molar refractivity (Wildman–Crippen MR) is 52.6 cm³/mol. The van der Waals surface area contributed by atoms with Crippen LogP contribution in [0.1, 0.15) is 30.9 Å². The molecular formula is C11H13F2NO. The minimum absolute atomic E-state index is 0.0327. The van der Waals surface area contributed by atoms with E-state index in [1.165, 1.54) is 0 Å². The molecule has 0 radical (unpaired) electrons. The zero-order chi connectivity index (χ0) is 10.8. The number of benzene rings is 1. The number of phenols is 1. The van der Waals surface area contributed by atoms with E-state index in [0.29, 0.717) is 6.42 Å². The first-order valence-electron chi connectivity index (χ1n) is 5.10. The third-order valence-corrected chi connectivity index (χ3v) is 2.76. The summed E-state index contributed by atoms with van der Waals surface area (Å²) < 4.78 is 26.9. The second-order valence-corrected chi connectivity index (χ2v) is 3.80. The highest BCUT2D eigenvalue weighted by molar-refractivity contribution is 5.33. The molecule has 15 heavy (non-hydrogen) atoms. The van der Waals surface area contributed by atoms with Gasteiger partial charge in [-0.2, -0.15) is 0 Å². The Kier molecular flexibility index (Phi) is 2.86. The highest BCUT2D eigenvalue weighted by Gasteiger charge is 2.23. The average molecular weight is 213 g/mol. The topological polar surface area (TPSA) is 32.3 Å². The maximum absolute atomic E-state index is 13.5. The molecule has 1 aromatic rings. The second kappa shape index (κ2) is 4.14. The lowest BCUT2D eigenvalue weighted by atomic mass is 9.96. The number of halogens is 2. The molecule has 0 bridgehead atoms. The Bertz CT molecular complexity index is 362. The van der Waals surface area contributed by atoms with Gasteiger partial charge in [0.2, 0.25) is 0 Å². The van der Waals surface area contributed by atoms with Crippen molar-refractivity contribution in [1.29, 1.82) is 0 Å². The van der Waals surface area contributed by atoms with Crippen LogP contribution >= 0.6 is 0 Å². The molecule has 0 saturated carbocycles. The van der Waals surface area contributed by atoms with Gasteiger partial charge in [0.05, 0.1) is 0 Å². The summed E-state index contributed by atoms with van der Waals surface area (Å²) in [6, 6.07) is 1.83. The Morgan fingerprint density at radius 3 is 2.73 bits per heavy atom. The highest BCUT2D eigenvalue weighted by Crippen LogP contribution is 2.31. The van der Waals surface area contributed by atoms with Crippen LogP contribution in [0, 0.1) is 11.6 Å². The summed E-state index contributed by atoms with van der Waals surface area (Å²) in [6.45, 7) is 0.763. The molecule has 1 saturated heterocycles. The van der Waals surface area contributed by atoms with Gasteiger partial charge in [0.1, 0.15) is 5.82 Å². The van der Waals surface area contributed by atoms with E-state index < -0.39 is 17.4 Å². The van der Waals surface area contributed by atoms with Crippen LogP contribution < -0.4 is 5.32 Å². The van der Waals surface area contributed by atoms with E-state index in [4.69, 9.17) is 0 Å². The summed E-state index contributed by atoms with van der Waals surface area (Å²) in [7, 11) is 0. The van der Waals surface area contributed by atoms with E-state index in [-0.39, 0.29) is 11.6 Å². The lowest BCUT2D eigenvalue weighted by Gasteiger charge is -2.24. The molecule has 0 aliphatic carbocycles. The average Bonchev–Trinajstić information content (AvgIpc) is 2.26. The van der Waals surface area contributed by atoms with Crippen LogP contribution in [-0.2, 0) is 0 Å². The van der Waals surface area contributed by atoms with Gasteiger partial charge in [-0.1, -0.05) is 6.42 Å². The van der Waals surface area contributed by atoms with Crippen LogP contribution in [0.4, 0.5) is 8.78 Å². The third kappa shape index (κ3) is 1.95. The Labute approximate surface area is 86.9 Å². The van der Waals surface area contributed by atoms with Gasteiger partial charge >= 0.3 is 0 Å². The van der Waals surface area contributed by atoms with Crippen LogP contribution in [0.2, 0.25) is 0 Å². The van der Waals surface area contributed by atoms with E-state index in [9.17, 15) is 13.9 Å². The summed E-state index contributed by atoms with van der Waals surface area (Å²) in [4.78, 5) is 0. The first-order chi connectivity index (χ1) is 7.20. The molecule has 1 unspecified atom stereocenters. The minimum Gasteiger partial charge on any atom is -0.505 e. The molecule has 1 heterocycles. The standard InChI is InChI=1S/C11H13F2NO/c12-7-4-5-9(15)11(13)10(7)8-3-1-2-6-14-8/h4-5,8,14-15H,1-3,6H2. The zero-order valence-corrected chi connectivity index (χ0v) is 8.26. The number of hydrogen-bond donors (Lipinski definition) is 2. The van der Waals surface area contributed by atoms with E-state index in [1.54, 1.807) is 0 Å². The van der Waals surface area contributed by atoms with Crippen molar-refractivity contribution >= 4 is 0 Å². The molecule has 2 nitrogen and oxygen atoms in total. The maximum Gasteiger partial charge on any atom is 0.172 e. The van der Waals surface area contributed by atoms with Crippen molar-refractivity contribution in [3.05, 3.63) is 29.3 Å². The van der Waals surface area contributed by atoms with Crippen LogP contribution in [-0.4, -0.2) is 11.7 Å². The molecule has 1 aromatic carbocycles. The van der Waals surface area contributed by atoms with Crippen molar-refractivity contribution < 1.29 is 13.9 Å². The van der Waals surface area contributed by atoms with Crippen LogP contribution in [0.3, 0.4) is 0 Å². The molecule has 0 spiro atoms. The van der Waals surface area contributed by atoms with Crippen molar-refractivity contribution in [1.82, 2.24) is 5.32 Å². The van der Waals surface area contributed by atoms with Crippen molar-refractivity contribution in [2.45, 2.75) is 25.3 Å². The summed E-state index contributed by atoms with van der Waals surface area (Å²) in [6.07, 6.45) is 2.68. The van der Waals surface area contributed by atoms with Gasteiger partial charge in [-0.15, -0.1) is 0 Å². The number of piperidine rings is 1. The summed E-state index contributed by atoms with van der Waals surface area (Å²) in [5.41, 5.74) is -0.0327. The molecule has 1 atom stereocenters. The molecule has 2 rings (SSSR count). The van der Waals surface area contributed by atoms with Gasteiger partial charge in [-0.05, 0) is 31.5 Å². The smallest absolute Gasteiger partial charge is 0.172 e. The molecule has 2 N–H and O–H groups in total. The van der Waals surface area contributed by atoms with Crippen molar-refractivity contribution in [2.75, 3.05) is 6.54 Å². The molecular weight excluding hydrogens is 200 g/mol. The van der Waals surface area contributed by atoms with Crippen LogP contribution in [0.25, 0.3) is 0 Å². The second-order valence-electron chi connectivity index (χ2n) is 3.80.